The van der Waals surface area contributed by atoms with E-state index < -0.39 is 0 Å². The summed E-state index contributed by atoms with van der Waals surface area (Å²) in [5.74, 6) is 1.08. The van der Waals surface area contributed by atoms with E-state index in [9.17, 15) is 0 Å². The van der Waals surface area contributed by atoms with Crippen molar-refractivity contribution < 1.29 is 0 Å². The second kappa shape index (κ2) is 3.38. The van der Waals surface area contributed by atoms with Crippen molar-refractivity contribution in [1.29, 1.82) is 0 Å². The molecule has 4 heteroatoms. The molecule has 0 unspecified atom stereocenters. The van der Waals surface area contributed by atoms with Crippen molar-refractivity contribution in [2.45, 2.75) is 13.0 Å². The first kappa shape index (κ1) is 8.56. The molecule has 0 amide bonds. The van der Waals surface area contributed by atoms with Crippen LogP contribution in [-0.4, -0.2) is 35.2 Å². The molecule has 1 aromatic rings. The summed E-state index contributed by atoms with van der Waals surface area (Å²) in [5, 5.41) is 3.41. The molecule has 0 saturated carbocycles. The Bertz CT molecular complexity index is 281. The third-order valence-corrected chi connectivity index (χ3v) is 2.45. The first-order valence-electron chi connectivity index (χ1n) is 4.73. The number of imidazole rings is 1. The van der Waals surface area contributed by atoms with Crippen molar-refractivity contribution in [3.63, 3.8) is 0 Å². The highest BCUT2D eigenvalue weighted by Crippen LogP contribution is 2.11. The Kier molecular flexibility index (Phi) is 2.22. The molecule has 1 atom stereocenters. The molecule has 1 aromatic heterocycles. The van der Waals surface area contributed by atoms with Gasteiger partial charge in [-0.05, 0) is 6.92 Å². The minimum atomic E-state index is 0.561. The second-order valence-electron chi connectivity index (χ2n) is 3.64. The molecule has 2 heterocycles. The zero-order valence-electron chi connectivity index (χ0n) is 8.20. The Labute approximate surface area is 78.6 Å². The van der Waals surface area contributed by atoms with Gasteiger partial charge in [0.1, 0.15) is 0 Å². The quantitative estimate of drug-likeness (QED) is 0.671. The second-order valence-corrected chi connectivity index (χ2v) is 3.64. The molecule has 1 saturated heterocycles. The van der Waals surface area contributed by atoms with E-state index in [2.05, 4.69) is 26.7 Å². The highest BCUT2D eigenvalue weighted by Gasteiger charge is 2.18. The van der Waals surface area contributed by atoms with E-state index in [1.165, 1.54) is 0 Å². The van der Waals surface area contributed by atoms with Crippen LogP contribution in [0, 0.1) is 0 Å². The molecule has 1 aliphatic rings. The van der Waals surface area contributed by atoms with Gasteiger partial charge in [-0.1, -0.05) is 0 Å². The largest absolute Gasteiger partial charge is 0.339 e. The van der Waals surface area contributed by atoms with Crippen LogP contribution in [0.2, 0.25) is 0 Å². The van der Waals surface area contributed by atoms with Crippen LogP contribution < -0.4 is 10.2 Å². The lowest BCUT2D eigenvalue weighted by Gasteiger charge is -2.32. The predicted molar refractivity (Wildman–Crippen MR) is 52.9 cm³/mol. The van der Waals surface area contributed by atoms with Gasteiger partial charge in [0, 0.05) is 45.1 Å². The van der Waals surface area contributed by atoms with Gasteiger partial charge in [-0.2, -0.15) is 0 Å². The van der Waals surface area contributed by atoms with Gasteiger partial charge in [-0.3, -0.25) is 0 Å². The van der Waals surface area contributed by atoms with Crippen LogP contribution in [-0.2, 0) is 7.05 Å². The number of piperazine rings is 1. The molecule has 13 heavy (non-hydrogen) atoms. The van der Waals surface area contributed by atoms with E-state index in [4.69, 9.17) is 0 Å². The third-order valence-electron chi connectivity index (χ3n) is 2.45. The molecule has 2 rings (SSSR count). The molecule has 1 N–H and O–H groups in total. The highest BCUT2D eigenvalue weighted by atomic mass is 15.3. The number of aromatic nitrogens is 2. The molecule has 0 aromatic carbocycles. The molecule has 0 spiro atoms. The average Bonchev–Trinajstić information content (AvgIpc) is 2.51. The standard InChI is InChI=1S/C9H16N4/c1-8-7-13(6-4-10-8)9-11-3-5-12(9)2/h3,5,8,10H,4,6-7H2,1-2H3/t8-/m0/s1. The maximum atomic E-state index is 4.34. The fraction of sp³-hybridized carbons (Fsp3) is 0.667. The minimum absolute atomic E-state index is 0.561. The van der Waals surface area contributed by atoms with Crippen LogP contribution in [0.5, 0.6) is 0 Å². The van der Waals surface area contributed by atoms with Crippen molar-refractivity contribution in [3.05, 3.63) is 12.4 Å². The molecular formula is C9H16N4. The Morgan fingerprint density at radius 1 is 1.62 bits per heavy atom. The summed E-state index contributed by atoms with van der Waals surface area (Å²) in [6.45, 7) is 5.35. The van der Waals surface area contributed by atoms with Gasteiger partial charge < -0.3 is 14.8 Å². The van der Waals surface area contributed by atoms with Crippen molar-refractivity contribution >= 4 is 5.95 Å². The molecule has 4 nitrogen and oxygen atoms in total. The fourth-order valence-electron chi connectivity index (χ4n) is 1.78. The Hall–Kier alpha value is -1.03. The highest BCUT2D eigenvalue weighted by molar-refractivity contribution is 5.32. The normalized spacial score (nSPS) is 23.5. The summed E-state index contributed by atoms with van der Waals surface area (Å²) >= 11 is 0. The lowest BCUT2D eigenvalue weighted by molar-refractivity contribution is 0.476. The maximum absolute atomic E-state index is 4.34. The van der Waals surface area contributed by atoms with Gasteiger partial charge in [0.05, 0.1) is 0 Å². The van der Waals surface area contributed by atoms with Crippen molar-refractivity contribution in [1.82, 2.24) is 14.9 Å². The predicted octanol–water partition coefficient (Wildman–Crippen LogP) is 0.218. The Balaban J connectivity index is 2.12. The Morgan fingerprint density at radius 2 is 2.46 bits per heavy atom. The zero-order chi connectivity index (χ0) is 9.26. The topological polar surface area (TPSA) is 33.1 Å². The summed E-state index contributed by atoms with van der Waals surface area (Å²) in [7, 11) is 2.04. The lowest BCUT2D eigenvalue weighted by atomic mass is 10.2. The number of aryl methyl sites for hydroxylation is 1. The molecular weight excluding hydrogens is 164 g/mol. The minimum Gasteiger partial charge on any atom is -0.339 e. The molecule has 0 radical (unpaired) electrons. The van der Waals surface area contributed by atoms with E-state index in [1.54, 1.807) is 0 Å². The fourth-order valence-corrected chi connectivity index (χ4v) is 1.78. The number of anilines is 1. The van der Waals surface area contributed by atoms with E-state index >= 15 is 0 Å². The van der Waals surface area contributed by atoms with E-state index in [-0.39, 0.29) is 0 Å². The van der Waals surface area contributed by atoms with Gasteiger partial charge in [0.25, 0.3) is 0 Å². The van der Waals surface area contributed by atoms with E-state index in [1.807, 2.05) is 19.4 Å². The van der Waals surface area contributed by atoms with E-state index in [0.717, 1.165) is 25.6 Å². The smallest absolute Gasteiger partial charge is 0.205 e. The van der Waals surface area contributed by atoms with Gasteiger partial charge >= 0.3 is 0 Å². The molecule has 72 valence electrons. The molecule has 1 fully saturated rings. The molecule has 1 aliphatic heterocycles. The van der Waals surface area contributed by atoms with Crippen LogP contribution in [0.25, 0.3) is 0 Å². The third kappa shape index (κ3) is 1.67. The van der Waals surface area contributed by atoms with Crippen LogP contribution in [0.1, 0.15) is 6.92 Å². The van der Waals surface area contributed by atoms with Crippen LogP contribution in [0.4, 0.5) is 5.95 Å². The summed E-state index contributed by atoms with van der Waals surface area (Å²) in [5.41, 5.74) is 0. The number of nitrogens with one attached hydrogen (secondary N) is 1. The molecule has 0 bridgehead atoms. The first-order valence-corrected chi connectivity index (χ1v) is 4.73. The molecule has 0 aliphatic carbocycles. The number of hydrogen-bond acceptors (Lipinski definition) is 3. The maximum Gasteiger partial charge on any atom is 0.205 e. The van der Waals surface area contributed by atoms with Crippen LogP contribution in [0.15, 0.2) is 12.4 Å². The average molecular weight is 180 g/mol. The number of hydrogen-bond donors (Lipinski definition) is 1. The van der Waals surface area contributed by atoms with Crippen molar-refractivity contribution in [3.8, 4) is 0 Å². The SMILES string of the molecule is C[C@H]1CN(c2nccn2C)CCN1. The summed E-state index contributed by atoms with van der Waals surface area (Å²) in [6.07, 6.45) is 3.84. The van der Waals surface area contributed by atoms with E-state index in [0.29, 0.717) is 6.04 Å². The monoisotopic (exact) mass is 180 g/mol. The van der Waals surface area contributed by atoms with Gasteiger partial charge in [0.15, 0.2) is 0 Å². The Morgan fingerprint density at radius 3 is 3.08 bits per heavy atom. The summed E-state index contributed by atoms with van der Waals surface area (Å²) in [4.78, 5) is 6.66. The zero-order valence-corrected chi connectivity index (χ0v) is 8.20. The first-order chi connectivity index (χ1) is 6.27. The van der Waals surface area contributed by atoms with Crippen LogP contribution in [0.3, 0.4) is 0 Å². The van der Waals surface area contributed by atoms with Gasteiger partial charge in [0.2, 0.25) is 5.95 Å². The number of nitrogens with zero attached hydrogens (tertiary/aromatic N) is 3. The summed E-state index contributed by atoms with van der Waals surface area (Å²) in [6, 6.07) is 0.561. The van der Waals surface area contributed by atoms with Gasteiger partial charge in [-0.15, -0.1) is 0 Å². The van der Waals surface area contributed by atoms with Gasteiger partial charge in [-0.25, -0.2) is 4.98 Å². The number of rotatable bonds is 1. The van der Waals surface area contributed by atoms with Crippen LogP contribution >= 0.6 is 0 Å². The van der Waals surface area contributed by atoms with Crippen molar-refractivity contribution in [2.24, 2.45) is 7.05 Å². The van der Waals surface area contributed by atoms with Crippen molar-refractivity contribution in [2.75, 3.05) is 24.5 Å². The summed E-state index contributed by atoms with van der Waals surface area (Å²) < 4.78 is 2.07. The lowest BCUT2D eigenvalue weighted by Crippen LogP contribution is -2.50.